The number of nitrogens with one attached hydrogen (secondary N) is 1. The van der Waals surface area contributed by atoms with Crippen molar-refractivity contribution >= 4 is 11.8 Å². The Balaban J connectivity index is 1.91. The van der Waals surface area contributed by atoms with Crippen LogP contribution in [0.1, 0.15) is 41.3 Å². The van der Waals surface area contributed by atoms with Crippen molar-refractivity contribution in [2.24, 2.45) is 7.05 Å². The van der Waals surface area contributed by atoms with E-state index in [4.69, 9.17) is 0 Å². The molecule has 1 aliphatic rings. The number of hydrogen-bond donors (Lipinski definition) is 3. The minimum absolute atomic E-state index is 0.0342. The van der Waals surface area contributed by atoms with Crippen LogP contribution in [-0.2, 0) is 18.4 Å². The summed E-state index contributed by atoms with van der Waals surface area (Å²) in [5.41, 5.74) is -0.702. The van der Waals surface area contributed by atoms with Crippen molar-refractivity contribution in [3.8, 4) is 5.75 Å². The zero-order chi connectivity index (χ0) is 21.3. The molecule has 3 rings (SSSR count). The average molecular weight is 404 g/mol. The Labute approximate surface area is 165 Å². The van der Waals surface area contributed by atoms with Crippen LogP contribution in [0.5, 0.6) is 5.75 Å². The van der Waals surface area contributed by atoms with Crippen molar-refractivity contribution in [3.05, 3.63) is 57.5 Å². The molecule has 1 aliphatic heterocycles. The number of amides is 2. The second kappa shape index (κ2) is 8.00. The van der Waals surface area contributed by atoms with Crippen LogP contribution in [-0.4, -0.2) is 49.1 Å². The van der Waals surface area contributed by atoms with Crippen molar-refractivity contribution in [2.75, 3.05) is 6.54 Å². The molecule has 0 bridgehead atoms. The van der Waals surface area contributed by atoms with Crippen LogP contribution in [0.15, 0.2) is 29.1 Å². The molecule has 1 fully saturated rings. The number of rotatable bonds is 4. The Kier molecular flexibility index (Phi) is 5.64. The third-order valence-electron chi connectivity index (χ3n) is 4.86. The molecule has 10 heteroatoms. The zero-order valence-electron chi connectivity index (χ0n) is 15.9. The Morgan fingerprint density at radius 1 is 1.31 bits per heavy atom. The smallest absolute Gasteiger partial charge is 0.296 e. The molecular formula is C19H21FN4O5. The number of β-amino-alcohol motifs (C(OH)–C–C–N with tert-alkyl or cyclic N) is 1. The molecular weight excluding hydrogens is 383 g/mol. The summed E-state index contributed by atoms with van der Waals surface area (Å²) in [5, 5.41) is 22.6. The lowest BCUT2D eigenvalue weighted by atomic mass is 10.1. The maximum atomic E-state index is 13.0. The highest BCUT2D eigenvalue weighted by Gasteiger charge is 2.37. The summed E-state index contributed by atoms with van der Waals surface area (Å²) in [6.45, 7) is 1.45. The number of benzene rings is 1. The minimum atomic E-state index is -0.841. The van der Waals surface area contributed by atoms with Gasteiger partial charge in [-0.3, -0.25) is 19.0 Å². The Morgan fingerprint density at radius 3 is 2.59 bits per heavy atom. The number of carbonyl (C=O) groups excluding carboxylic acids is 2. The average Bonchev–Trinajstić information content (AvgIpc) is 3.07. The van der Waals surface area contributed by atoms with Crippen LogP contribution < -0.4 is 10.9 Å². The van der Waals surface area contributed by atoms with E-state index in [-0.39, 0.29) is 31.2 Å². The Hall–Kier alpha value is -3.27. The molecule has 2 atom stereocenters. The van der Waals surface area contributed by atoms with E-state index in [0.717, 1.165) is 4.57 Å². The summed E-state index contributed by atoms with van der Waals surface area (Å²) >= 11 is 0. The van der Waals surface area contributed by atoms with Gasteiger partial charge in [0.1, 0.15) is 11.6 Å². The number of halogens is 1. The predicted molar refractivity (Wildman–Crippen MR) is 99.5 cm³/mol. The van der Waals surface area contributed by atoms with E-state index in [0.29, 0.717) is 5.56 Å². The molecule has 3 N–H and O–H groups in total. The molecule has 2 aromatic rings. The normalized spacial score (nSPS) is 18.7. The van der Waals surface area contributed by atoms with Crippen molar-refractivity contribution < 1.29 is 24.2 Å². The van der Waals surface area contributed by atoms with Crippen molar-refractivity contribution in [2.45, 2.75) is 32.0 Å². The lowest BCUT2D eigenvalue weighted by Crippen LogP contribution is -2.35. The number of likely N-dealkylation sites (tertiary alicyclic amines) is 1. The third-order valence-corrected chi connectivity index (χ3v) is 4.86. The van der Waals surface area contributed by atoms with Gasteiger partial charge in [0, 0.05) is 33.5 Å². The first-order valence-corrected chi connectivity index (χ1v) is 8.96. The quantitative estimate of drug-likeness (QED) is 0.669. The van der Waals surface area contributed by atoms with Crippen LogP contribution in [0.25, 0.3) is 0 Å². The highest BCUT2D eigenvalue weighted by molar-refractivity contribution is 5.94. The second-order valence-electron chi connectivity index (χ2n) is 6.92. The lowest BCUT2D eigenvalue weighted by Gasteiger charge is -2.24. The van der Waals surface area contributed by atoms with Gasteiger partial charge in [0.2, 0.25) is 11.7 Å². The van der Waals surface area contributed by atoms with Crippen LogP contribution >= 0.6 is 0 Å². The van der Waals surface area contributed by atoms with E-state index >= 15 is 0 Å². The maximum Gasteiger partial charge on any atom is 0.296 e. The molecule has 0 radical (unpaired) electrons. The first-order valence-electron chi connectivity index (χ1n) is 8.96. The lowest BCUT2D eigenvalue weighted by molar-refractivity contribution is -0.130. The first-order chi connectivity index (χ1) is 13.7. The number of nitrogens with zero attached hydrogens (tertiary/aromatic N) is 3. The van der Waals surface area contributed by atoms with E-state index in [9.17, 15) is 29.0 Å². The molecule has 2 heterocycles. The summed E-state index contributed by atoms with van der Waals surface area (Å²) in [4.78, 5) is 42.4. The van der Waals surface area contributed by atoms with Crippen LogP contribution in [0.2, 0.25) is 0 Å². The van der Waals surface area contributed by atoms with E-state index in [1.54, 1.807) is 0 Å². The summed E-state index contributed by atoms with van der Waals surface area (Å²) in [7, 11) is 1.37. The van der Waals surface area contributed by atoms with Gasteiger partial charge in [-0.25, -0.2) is 9.37 Å². The summed E-state index contributed by atoms with van der Waals surface area (Å²) in [5.74, 6) is -2.24. The largest absolute Gasteiger partial charge is 0.501 e. The molecule has 9 nitrogen and oxygen atoms in total. The van der Waals surface area contributed by atoms with E-state index in [2.05, 4.69) is 10.3 Å². The van der Waals surface area contributed by atoms with Gasteiger partial charge in [0.15, 0.2) is 5.69 Å². The van der Waals surface area contributed by atoms with Gasteiger partial charge in [-0.2, -0.15) is 0 Å². The molecule has 1 aromatic heterocycles. The maximum absolute atomic E-state index is 13.0. The van der Waals surface area contributed by atoms with Crippen molar-refractivity contribution in [3.63, 3.8) is 0 Å². The number of hydrogen-bond acceptors (Lipinski definition) is 6. The number of aromatic nitrogens is 2. The monoisotopic (exact) mass is 404 g/mol. The standard InChI is InChI=1S/C19H21FN4O5/c1-10(25)24-9-13(26)7-14(24)17-22-15(16(27)19(29)23(17)2)18(28)21-8-11-3-5-12(20)6-4-11/h3-6,13-14,26-27H,7-9H2,1-2H3,(H,21,28). The Bertz CT molecular complexity index is 1000. The van der Waals surface area contributed by atoms with Gasteiger partial charge in [0.05, 0.1) is 12.1 Å². The van der Waals surface area contributed by atoms with Crippen LogP contribution in [0, 0.1) is 5.82 Å². The molecule has 2 unspecified atom stereocenters. The first kappa shape index (κ1) is 20.5. The molecule has 1 saturated heterocycles. The third kappa shape index (κ3) is 4.11. The number of carbonyl (C=O) groups is 2. The fraction of sp³-hybridized carbons (Fsp3) is 0.368. The number of aliphatic hydroxyl groups excluding tert-OH is 1. The summed E-state index contributed by atoms with van der Waals surface area (Å²) < 4.78 is 14.0. The van der Waals surface area contributed by atoms with Gasteiger partial charge in [-0.15, -0.1) is 0 Å². The van der Waals surface area contributed by atoms with Gasteiger partial charge >= 0.3 is 0 Å². The van der Waals surface area contributed by atoms with Gasteiger partial charge < -0.3 is 20.4 Å². The van der Waals surface area contributed by atoms with Crippen LogP contribution in [0.4, 0.5) is 4.39 Å². The number of aromatic hydroxyl groups is 1. The highest BCUT2D eigenvalue weighted by atomic mass is 19.1. The zero-order valence-corrected chi connectivity index (χ0v) is 15.9. The van der Waals surface area contributed by atoms with Crippen LogP contribution in [0.3, 0.4) is 0 Å². The highest BCUT2D eigenvalue weighted by Crippen LogP contribution is 2.31. The van der Waals surface area contributed by atoms with Gasteiger partial charge in [-0.05, 0) is 17.7 Å². The topological polar surface area (TPSA) is 125 Å². The van der Waals surface area contributed by atoms with Gasteiger partial charge in [0.25, 0.3) is 11.5 Å². The van der Waals surface area contributed by atoms with Crippen molar-refractivity contribution in [1.82, 2.24) is 19.8 Å². The molecule has 154 valence electrons. The summed E-state index contributed by atoms with van der Waals surface area (Å²) in [6, 6.07) is 4.76. The fourth-order valence-electron chi connectivity index (χ4n) is 3.34. The van der Waals surface area contributed by atoms with E-state index in [1.165, 1.54) is 43.1 Å². The van der Waals surface area contributed by atoms with E-state index in [1.807, 2.05) is 0 Å². The van der Waals surface area contributed by atoms with Crippen molar-refractivity contribution in [1.29, 1.82) is 0 Å². The molecule has 0 aliphatic carbocycles. The predicted octanol–water partition coefficient (Wildman–Crippen LogP) is 0.209. The molecule has 2 amide bonds. The fourth-order valence-corrected chi connectivity index (χ4v) is 3.34. The Morgan fingerprint density at radius 2 is 1.97 bits per heavy atom. The second-order valence-corrected chi connectivity index (χ2v) is 6.92. The molecule has 1 aromatic carbocycles. The molecule has 29 heavy (non-hydrogen) atoms. The number of aliphatic hydroxyl groups is 1. The SMILES string of the molecule is CC(=O)N1CC(O)CC1c1nc(C(=O)NCc2ccc(F)cc2)c(O)c(=O)n1C. The molecule has 0 saturated carbocycles. The van der Waals surface area contributed by atoms with E-state index < -0.39 is 40.9 Å². The molecule has 0 spiro atoms. The summed E-state index contributed by atoms with van der Waals surface area (Å²) in [6.07, 6.45) is -0.633. The van der Waals surface area contributed by atoms with Gasteiger partial charge in [-0.1, -0.05) is 12.1 Å². The minimum Gasteiger partial charge on any atom is -0.501 e.